The molecule has 0 radical (unpaired) electrons. The maximum absolute atomic E-state index is 13.6. The second-order valence-corrected chi connectivity index (χ2v) is 8.26. The zero-order chi connectivity index (χ0) is 24.4. The predicted octanol–water partition coefficient (Wildman–Crippen LogP) is 5.76. The Morgan fingerprint density at radius 2 is 1.49 bits per heavy atom. The van der Waals surface area contributed by atoms with Crippen LogP contribution in [-0.2, 0) is 0 Å². The number of rotatable bonds is 4. The van der Waals surface area contributed by atoms with Crippen LogP contribution in [0.25, 0.3) is 22.2 Å². The smallest absolute Gasteiger partial charge is 0.406 e. The molecule has 1 amide bonds. The summed E-state index contributed by atoms with van der Waals surface area (Å²) in [7, 11) is 0. The fourth-order valence-electron chi connectivity index (χ4n) is 4.31. The highest BCUT2D eigenvalue weighted by Gasteiger charge is 2.31. The van der Waals surface area contributed by atoms with Crippen molar-refractivity contribution in [2.45, 2.75) is 6.36 Å². The van der Waals surface area contributed by atoms with Crippen molar-refractivity contribution >= 4 is 22.5 Å². The fraction of sp³-hybridized carbons (Fsp3) is 0.185. The monoisotopic (exact) mass is 477 g/mol. The van der Waals surface area contributed by atoms with Gasteiger partial charge in [0.25, 0.3) is 5.91 Å². The van der Waals surface area contributed by atoms with Gasteiger partial charge in [-0.25, -0.2) is 4.98 Å². The largest absolute Gasteiger partial charge is 0.573 e. The van der Waals surface area contributed by atoms with Crippen LogP contribution < -0.4 is 9.64 Å². The van der Waals surface area contributed by atoms with Gasteiger partial charge in [-0.3, -0.25) is 4.79 Å². The number of ether oxygens (including phenoxy) is 1. The Morgan fingerprint density at radius 1 is 0.829 bits per heavy atom. The first kappa shape index (κ1) is 22.7. The van der Waals surface area contributed by atoms with E-state index in [4.69, 9.17) is 4.98 Å². The lowest BCUT2D eigenvalue weighted by Crippen LogP contribution is -2.48. The topological polar surface area (TPSA) is 45.7 Å². The minimum atomic E-state index is -4.72. The van der Waals surface area contributed by atoms with Crippen LogP contribution in [0.4, 0.5) is 18.9 Å². The number of amides is 1. The summed E-state index contributed by atoms with van der Waals surface area (Å²) in [6.07, 6.45) is -4.72. The summed E-state index contributed by atoms with van der Waals surface area (Å²) in [5.41, 5.74) is 3.84. The SMILES string of the molecule is O=C(c1cc(-c2ccccc2)nc2ccccc12)N1CCN(c2ccc(OC(F)(F)F)cc2)CC1. The molecule has 178 valence electrons. The van der Waals surface area contributed by atoms with Crippen LogP contribution >= 0.6 is 0 Å². The zero-order valence-corrected chi connectivity index (χ0v) is 18.7. The van der Waals surface area contributed by atoms with Gasteiger partial charge in [-0.15, -0.1) is 13.2 Å². The molecule has 1 aliphatic rings. The number of alkyl halides is 3. The third-order valence-corrected chi connectivity index (χ3v) is 6.02. The summed E-state index contributed by atoms with van der Waals surface area (Å²) in [6, 6.07) is 25.0. The van der Waals surface area contributed by atoms with Crippen LogP contribution in [0.2, 0.25) is 0 Å². The molecule has 0 spiro atoms. The van der Waals surface area contributed by atoms with Crippen molar-refractivity contribution in [2.75, 3.05) is 31.1 Å². The number of aromatic nitrogens is 1. The number of halogens is 3. The van der Waals surface area contributed by atoms with Gasteiger partial charge in [-0.05, 0) is 36.4 Å². The molecule has 4 aromatic rings. The minimum Gasteiger partial charge on any atom is -0.406 e. The maximum Gasteiger partial charge on any atom is 0.573 e. The molecular formula is C27H22F3N3O2. The molecule has 1 aromatic heterocycles. The summed E-state index contributed by atoms with van der Waals surface area (Å²) in [6.45, 7) is 2.13. The molecule has 0 saturated carbocycles. The number of benzene rings is 3. The number of hydrogen-bond donors (Lipinski definition) is 0. The highest BCUT2D eigenvalue weighted by molar-refractivity contribution is 6.07. The number of pyridine rings is 1. The molecule has 8 heteroatoms. The van der Waals surface area contributed by atoms with E-state index in [1.54, 1.807) is 12.1 Å². The molecule has 0 atom stereocenters. The Balaban J connectivity index is 1.34. The van der Waals surface area contributed by atoms with E-state index in [0.717, 1.165) is 27.8 Å². The van der Waals surface area contributed by atoms with Gasteiger partial charge < -0.3 is 14.5 Å². The fourth-order valence-corrected chi connectivity index (χ4v) is 4.31. The number of hydrogen-bond acceptors (Lipinski definition) is 4. The predicted molar refractivity (Wildman–Crippen MR) is 128 cm³/mol. The minimum absolute atomic E-state index is 0.0608. The number of para-hydroxylation sites is 1. The lowest BCUT2D eigenvalue weighted by molar-refractivity contribution is -0.274. The third-order valence-electron chi connectivity index (χ3n) is 6.02. The molecule has 5 nitrogen and oxygen atoms in total. The first-order chi connectivity index (χ1) is 16.9. The molecule has 3 aromatic carbocycles. The van der Waals surface area contributed by atoms with Gasteiger partial charge in [0.05, 0.1) is 16.8 Å². The summed E-state index contributed by atoms with van der Waals surface area (Å²) < 4.78 is 41.1. The molecule has 0 aliphatic carbocycles. The Hall–Kier alpha value is -4.07. The quantitative estimate of drug-likeness (QED) is 0.375. The molecule has 1 fully saturated rings. The van der Waals surface area contributed by atoms with Gasteiger partial charge >= 0.3 is 6.36 Å². The van der Waals surface area contributed by atoms with Crippen molar-refractivity contribution in [2.24, 2.45) is 0 Å². The number of anilines is 1. The lowest BCUT2D eigenvalue weighted by atomic mass is 10.0. The number of carbonyl (C=O) groups excluding carboxylic acids is 1. The van der Waals surface area contributed by atoms with Crippen LogP contribution in [0.15, 0.2) is 84.9 Å². The van der Waals surface area contributed by atoms with Crippen LogP contribution in [-0.4, -0.2) is 48.3 Å². The number of piperazine rings is 1. The van der Waals surface area contributed by atoms with Crippen LogP contribution in [0.5, 0.6) is 5.75 Å². The normalized spacial score (nSPS) is 14.3. The molecule has 5 rings (SSSR count). The molecule has 1 saturated heterocycles. The van der Waals surface area contributed by atoms with Crippen molar-refractivity contribution in [3.05, 3.63) is 90.5 Å². The summed E-state index contributed by atoms with van der Waals surface area (Å²) >= 11 is 0. The first-order valence-corrected chi connectivity index (χ1v) is 11.2. The van der Waals surface area contributed by atoms with E-state index in [2.05, 4.69) is 4.74 Å². The number of fused-ring (bicyclic) bond motifs is 1. The second kappa shape index (κ2) is 9.29. The Kier molecular flexibility index (Phi) is 6.03. The van der Waals surface area contributed by atoms with Crippen molar-refractivity contribution < 1.29 is 22.7 Å². The molecule has 35 heavy (non-hydrogen) atoms. The highest BCUT2D eigenvalue weighted by Crippen LogP contribution is 2.28. The zero-order valence-electron chi connectivity index (χ0n) is 18.7. The van der Waals surface area contributed by atoms with Crippen LogP contribution in [0, 0.1) is 0 Å². The van der Waals surface area contributed by atoms with E-state index in [9.17, 15) is 18.0 Å². The van der Waals surface area contributed by atoms with Crippen molar-refractivity contribution in [1.82, 2.24) is 9.88 Å². The molecule has 0 unspecified atom stereocenters. The number of nitrogens with zero attached hydrogens (tertiary/aromatic N) is 3. The van der Waals surface area contributed by atoms with Gasteiger partial charge in [0.1, 0.15) is 5.75 Å². The second-order valence-electron chi connectivity index (χ2n) is 8.26. The van der Waals surface area contributed by atoms with E-state index >= 15 is 0 Å². The summed E-state index contributed by atoms with van der Waals surface area (Å²) in [4.78, 5) is 22.2. The molecule has 1 aliphatic heterocycles. The van der Waals surface area contributed by atoms with E-state index < -0.39 is 6.36 Å². The van der Waals surface area contributed by atoms with Gasteiger partial charge in [0.2, 0.25) is 0 Å². The maximum atomic E-state index is 13.6. The van der Waals surface area contributed by atoms with E-state index in [1.807, 2.05) is 70.5 Å². The van der Waals surface area contributed by atoms with Crippen molar-refractivity contribution in [3.63, 3.8) is 0 Å². The average molecular weight is 477 g/mol. The number of carbonyl (C=O) groups is 1. The molecular weight excluding hydrogens is 455 g/mol. The van der Waals surface area contributed by atoms with Gasteiger partial charge in [-0.2, -0.15) is 0 Å². The van der Waals surface area contributed by atoms with Crippen molar-refractivity contribution in [1.29, 1.82) is 0 Å². The standard InChI is InChI=1S/C27H22F3N3O2/c28-27(29,30)35-21-12-10-20(11-13-21)32-14-16-33(17-15-32)26(34)23-18-25(19-6-2-1-3-7-19)31-24-9-5-4-8-22(23)24/h1-13,18H,14-17H2. The molecule has 0 bridgehead atoms. The highest BCUT2D eigenvalue weighted by atomic mass is 19.4. The Morgan fingerprint density at radius 3 is 2.17 bits per heavy atom. The van der Waals surface area contributed by atoms with Crippen molar-refractivity contribution in [3.8, 4) is 17.0 Å². The first-order valence-electron chi connectivity index (χ1n) is 11.2. The molecule has 2 heterocycles. The van der Waals surface area contributed by atoms with Gasteiger partial charge in [0.15, 0.2) is 0 Å². The van der Waals surface area contributed by atoms with E-state index in [0.29, 0.717) is 31.7 Å². The third kappa shape index (κ3) is 5.06. The van der Waals surface area contributed by atoms with E-state index in [-0.39, 0.29) is 11.7 Å². The summed E-state index contributed by atoms with van der Waals surface area (Å²) in [5, 5.41) is 0.805. The van der Waals surface area contributed by atoms with Gasteiger partial charge in [0, 0.05) is 42.8 Å². The van der Waals surface area contributed by atoms with Crippen LogP contribution in [0.1, 0.15) is 10.4 Å². The Labute approximate surface area is 200 Å². The molecule has 0 N–H and O–H groups in total. The summed E-state index contributed by atoms with van der Waals surface area (Å²) in [5.74, 6) is -0.316. The lowest BCUT2D eigenvalue weighted by Gasteiger charge is -2.36. The van der Waals surface area contributed by atoms with Crippen LogP contribution in [0.3, 0.4) is 0 Å². The Bertz CT molecular complexity index is 1330. The van der Waals surface area contributed by atoms with E-state index in [1.165, 1.54) is 12.1 Å². The average Bonchev–Trinajstić information content (AvgIpc) is 2.88. The van der Waals surface area contributed by atoms with Gasteiger partial charge in [-0.1, -0.05) is 48.5 Å².